The molecule has 0 rings (SSSR count). The maximum absolute atomic E-state index is 12.3. The summed E-state index contributed by atoms with van der Waals surface area (Å²) in [5.74, 6) is -1.16. The summed E-state index contributed by atoms with van der Waals surface area (Å²) in [7, 11) is 0. The second-order valence-corrected chi connectivity index (χ2v) is 9.54. The molecule has 0 saturated heterocycles. The van der Waals surface area contributed by atoms with Crippen molar-refractivity contribution in [1.82, 2.24) is 0 Å². The number of hydrogen-bond donors (Lipinski definition) is 0. The summed E-state index contributed by atoms with van der Waals surface area (Å²) in [5.41, 5.74) is -0.927. The largest absolute Gasteiger partial charge is 0.573 e. The molecule has 208 valence electrons. The first-order valence-corrected chi connectivity index (χ1v) is 11.9. The van der Waals surface area contributed by atoms with E-state index in [4.69, 9.17) is 29.3 Å². The Balaban J connectivity index is 4.31. The molecule has 0 aromatic heterocycles. The third-order valence-corrected chi connectivity index (χ3v) is 4.70. The zero-order chi connectivity index (χ0) is 27.9. The maximum atomic E-state index is 12.3. The van der Waals surface area contributed by atoms with Gasteiger partial charge in [-0.3, -0.25) is 19.4 Å². The molecule has 0 spiro atoms. The minimum atomic E-state index is -1.42. The van der Waals surface area contributed by atoms with Gasteiger partial charge in [-0.25, -0.2) is 19.6 Å². The Morgan fingerprint density at radius 3 is 1.33 bits per heavy atom. The van der Waals surface area contributed by atoms with E-state index in [0.29, 0.717) is 0 Å². The van der Waals surface area contributed by atoms with Crippen LogP contribution in [0.2, 0.25) is 0 Å². The molecule has 11 nitrogen and oxygen atoms in total. The molecule has 0 aliphatic carbocycles. The highest BCUT2D eigenvalue weighted by Gasteiger charge is 2.25. The molecule has 2 atom stereocenters. The molecule has 0 fully saturated rings. The van der Waals surface area contributed by atoms with Crippen molar-refractivity contribution >= 4 is 17.7 Å². The predicted octanol–water partition coefficient (Wildman–Crippen LogP) is 5.08. The normalized spacial score (nSPS) is 13.6. The number of ketones is 2. The summed E-state index contributed by atoms with van der Waals surface area (Å²) in [6.07, 6.45) is -0.490. The minimum Gasteiger partial charge on any atom is -0.291 e. The quantitative estimate of drug-likeness (QED) is 0.122. The molecular formula is C25H42O11. The van der Waals surface area contributed by atoms with E-state index in [1.54, 1.807) is 0 Å². The van der Waals surface area contributed by atoms with E-state index in [0.717, 1.165) is 25.7 Å². The van der Waals surface area contributed by atoms with Crippen molar-refractivity contribution < 1.29 is 53.5 Å². The number of rotatable bonds is 20. The summed E-state index contributed by atoms with van der Waals surface area (Å²) in [6.45, 7) is 21.0. The summed E-state index contributed by atoms with van der Waals surface area (Å²) < 4.78 is 0. The second kappa shape index (κ2) is 16.6. The average molecular weight is 519 g/mol. The van der Waals surface area contributed by atoms with Crippen LogP contribution in [0, 0.1) is 0 Å². The van der Waals surface area contributed by atoms with E-state index in [9.17, 15) is 14.4 Å². The van der Waals surface area contributed by atoms with E-state index < -0.39 is 41.1 Å². The van der Waals surface area contributed by atoms with Gasteiger partial charge in [-0.2, -0.15) is 14.6 Å². The van der Waals surface area contributed by atoms with Crippen LogP contribution < -0.4 is 0 Å². The predicted molar refractivity (Wildman–Crippen MR) is 129 cm³/mol. The van der Waals surface area contributed by atoms with Crippen LogP contribution in [-0.4, -0.2) is 54.3 Å². The molecule has 36 heavy (non-hydrogen) atoms. The van der Waals surface area contributed by atoms with Crippen LogP contribution >= 0.6 is 0 Å². The molecule has 0 aliphatic rings. The third-order valence-electron chi connectivity index (χ3n) is 4.70. The van der Waals surface area contributed by atoms with Crippen molar-refractivity contribution in [2.24, 2.45) is 0 Å². The number of carbonyl (C=O) groups is 3. The van der Waals surface area contributed by atoms with Gasteiger partial charge in [0.15, 0.2) is 23.8 Å². The van der Waals surface area contributed by atoms with Gasteiger partial charge in [-0.05, 0) is 54.4 Å². The van der Waals surface area contributed by atoms with Gasteiger partial charge in [-0.1, -0.05) is 39.8 Å². The van der Waals surface area contributed by atoms with Crippen LogP contribution in [0.5, 0.6) is 0 Å². The van der Waals surface area contributed by atoms with Crippen LogP contribution in [0.1, 0.15) is 81.1 Å². The van der Waals surface area contributed by atoms with Crippen molar-refractivity contribution in [2.75, 3.05) is 13.2 Å². The highest BCUT2D eigenvalue weighted by molar-refractivity contribution is 5.98. The van der Waals surface area contributed by atoms with Gasteiger partial charge in [0.2, 0.25) is 0 Å². The number of hydrogen-bond acceptors (Lipinski definition) is 11. The number of Topliss-reactive ketones (excluding diaryl/α,β-unsaturated/α-hetero) is 2. The molecule has 0 radical (unpaired) electrons. The molecule has 0 N–H and O–H groups in total. The van der Waals surface area contributed by atoms with Crippen LogP contribution in [0.15, 0.2) is 24.3 Å². The summed E-state index contributed by atoms with van der Waals surface area (Å²) >= 11 is 0. The van der Waals surface area contributed by atoms with Crippen molar-refractivity contribution in [2.45, 2.75) is 104 Å². The lowest BCUT2D eigenvalue weighted by molar-refractivity contribution is -0.350. The summed E-state index contributed by atoms with van der Waals surface area (Å²) in [5, 5.41) is 0. The molecule has 0 amide bonds. The molecule has 0 aromatic carbocycles. The molecule has 0 bridgehead atoms. The second-order valence-electron chi connectivity index (χ2n) is 9.54. The summed E-state index contributed by atoms with van der Waals surface area (Å²) in [4.78, 5) is 75.1. The Hall–Kier alpha value is -2.15. The van der Waals surface area contributed by atoms with Gasteiger partial charge in [0.25, 0.3) is 0 Å². The van der Waals surface area contributed by atoms with Crippen LogP contribution in [0.4, 0.5) is 4.79 Å². The molecule has 11 heteroatoms. The van der Waals surface area contributed by atoms with Gasteiger partial charge < -0.3 is 0 Å². The lowest BCUT2D eigenvalue weighted by atomic mass is 10.0. The molecule has 0 aromatic rings. The smallest absolute Gasteiger partial charge is 0.291 e. The third kappa shape index (κ3) is 14.4. The Morgan fingerprint density at radius 1 is 0.694 bits per heavy atom. The van der Waals surface area contributed by atoms with Crippen LogP contribution in [0.25, 0.3) is 0 Å². The first-order valence-electron chi connectivity index (χ1n) is 11.9. The fraction of sp³-hybridized carbons (Fsp3) is 0.720. The first kappa shape index (κ1) is 33.8. The highest BCUT2D eigenvalue weighted by Crippen LogP contribution is 2.18. The van der Waals surface area contributed by atoms with Gasteiger partial charge in [0.1, 0.15) is 13.2 Å². The van der Waals surface area contributed by atoms with Crippen molar-refractivity contribution in [3.8, 4) is 0 Å². The van der Waals surface area contributed by atoms with Gasteiger partial charge in [0.05, 0.1) is 11.2 Å². The molecule has 2 unspecified atom stereocenters. The van der Waals surface area contributed by atoms with E-state index in [2.05, 4.69) is 22.9 Å². The zero-order valence-corrected chi connectivity index (χ0v) is 22.8. The standard InChI is InChI=1S/C25H42O11/c1-11-13-24(7,8)35-29-15-17(3)21(26)19(5)31-33-23(28)34-32-20(6)22(27)18(4)16-30-36-25(9,10)14-12-2/h19-20H,3-4,11-16H2,1-2,5-10H3. The monoisotopic (exact) mass is 518 g/mol. The molecule has 0 heterocycles. The van der Waals surface area contributed by atoms with Gasteiger partial charge in [0, 0.05) is 11.1 Å². The Bertz CT molecular complexity index is 682. The van der Waals surface area contributed by atoms with E-state index in [-0.39, 0.29) is 24.4 Å². The lowest BCUT2D eigenvalue weighted by Gasteiger charge is -2.23. The summed E-state index contributed by atoms with van der Waals surface area (Å²) in [6, 6.07) is 0. The Morgan fingerprint density at radius 2 is 1.03 bits per heavy atom. The fourth-order valence-corrected chi connectivity index (χ4v) is 2.85. The van der Waals surface area contributed by atoms with Gasteiger partial charge >= 0.3 is 6.16 Å². The SMILES string of the molecule is C=C(COOC(C)(C)CCC)C(=O)C(C)OOC(=O)OOC(C)C(=O)C(=C)COOC(C)(C)CCC. The lowest BCUT2D eigenvalue weighted by Crippen LogP contribution is -2.29. The molecule has 0 saturated carbocycles. The zero-order valence-electron chi connectivity index (χ0n) is 22.8. The fourth-order valence-electron chi connectivity index (χ4n) is 2.85. The van der Waals surface area contributed by atoms with Crippen molar-refractivity contribution in [3.05, 3.63) is 24.3 Å². The van der Waals surface area contributed by atoms with Gasteiger partial charge in [-0.15, -0.1) is 0 Å². The minimum absolute atomic E-state index is 0.0463. The Labute approximate surface area is 213 Å². The van der Waals surface area contributed by atoms with Crippen LogP contribution in [0.3, 0.4) is 0 Å². The first-order chi connectivity index (χ1) is 16.7. The van der Waals surface area contributed by atoms with E-state index >= 15 is 0 Å². The average Bonchev–Trinajstić information content (AvgIpc) is 2.79. The highest BCUT2D eigenvalue weighted by atomic mass is 17.3. The molecular weight excluding hydrogens is 476 g/mol. The van der Waals surface area contributed by atoms with E-state index in [1.165, 1.54) is 13.8 Å². The molecule has 0 aliphatic heterocycles. The Kier molecular flexibility index (Phi) is 15.6. The maximum Gasteiger partial charge on any atom is 0.573 e. The number of carbonyl (C=O) groups excluding carboxylic acids is 3. The topological polar surface area (TPSA) is 125 Å². The van der Waals surface area contributed by atoms with Crippen molar-refractivity contribution in [3.63, 3.8) is 0 Å². The van der Waals surface area contributed by atoms with Crippen LogP contribution in [-0.2, 0) is 48.7 Å². The van der Waals surface area contributed by atoms with Crippen molar-refractivity contribution in [1.29, 1.82) is 0 Å². The van der Waals surface area contributed by atoms with E-state index in [1.807, 2.05) is 41.5 Å².